The quantitative estimate of drug-likeness (QED) is 0.697. The average Bonchev–Trinajstić information content (AvgIpc) is 2.18. The Morgan fingerprint density at radius 3 is 2.79 bits per heavy atom. The van der Waals surface area contributed by atoms with Gasteiger partial charge < -0.3 is 0 Å². The Labute approximate surface area is 86.2 Å². The molecule has 0 radical (unpaired) electrons. The molecule has 3 heteroatoms. The molecule has 1 aromatic carbocycles. The van der Waals surface area contributed by atoms with E-state index in [4.69, 9.17) is 11.6 Å². The van der Waals surface area contributed by atoms with Crippen LogP contribution in [0.2, 0.25) is 5.02 Å². The van der Waals surface area contributed by atoms with Crippen LogP contribution in [-0.4, -0.2) is 4.98 Å². The first-order chi connectivity index (χ1) is 6.77. The van der Waals surface area contributed by atoms with Gasteiger partial charge in [-0.1, -0.05) is 23.7 Å². The van der Waals surface area contributed by atoms with Crippen LogP contribution in [-0.2, 0) is 0 Å². The lowest BCUT2D eigenvalue weighted by Crippen LogP contribution is -1.84. The van der Waals surface area contributed by atoms with Crippen LogP contribution in [0.1, 0.15) is 0 Å². The fourth-order valence-electron chi connectivity index (χ4n) is 1.27. The van der Waals surface area contributed by atoms with Crippen molar-refractivity contribution in [2.24, 2.45) is 0 Å². The van der Waals surface area contributed by atoms with Gasteiger partial charge in [-0.05, 0) is 23.8 Å². The summed E-state index contributed by atoms with van der Waals surface area (Å²) in [5, 5.41) is 0.596. The summed E-state index contributed by atoms with van der Waals surface area (Å²) < 4.78 is 13.3. The second-order valence-electron chi connectivity index (χ2n) is 2.87. The molecule has 14 heavy (non-hydrogen) atoms. The second kappa shape index (κ2) is 3.76. The lowest BCUT2D eigenvalue weighted by Gasteiger charge is -2.02. The highest BCUT2D eigenvalue weighted by Crippen LogP contribution is 2.24. The fourth-order valence-corrected chi connectivity index (χ4v) is 1.46. The summed E-state index contributed by atoms with van der Waals surface area (Å²) in [6, 6.07) is 8.70. The fraction of sp³-hybridized carbons (Fsp3) is 0. The van der Waals surface area contributed by atoms with Crippen LogP contribution in [0, 0.1) is 5.82 Å². The third-order valence-electron chi connectivity index (χ3n) is 1.91. The topological polar surface area (TPSA) is 12.9 Å². The minimum Gasteiger partial charge on any atom is -0.262 e. The first-order valence-corrected chi connectivity index (χ1v) is 4.50. The van der Waals surface area contributed by atoms with E-state index >= 15 is 0 Å². The van der Waals surface area contributed by atoms with Gasteiger partial charge in [-0.25, -0.2) is 4.39 Å². The SMILES string of the molecule is Fc1cnccc1-c1cccc(Cl)c1. The maximum Gasteiger partial charge on any atom is 0.149 e. The highest BCUT2D eigenvalue weighted by molar-refractivity contribution is 6.30. The van der Waals surface area contributed by atoms with Crippen LogP contribution in [0.4, 0.5) is 4.39 Å². The molecule has 1 aromatic heterocycles. The minimum atomic E-state index is -0.338. The zero-order valence-electron chi connectivity index (χ0n) is 7.24. The summed E-state index contributed by atoms with van der Waals surface area (Å²) in [5.74, 6) is -0.338. The van der Waals surface area contributed by atoms with Gasteiger partial charge in [0.1, 0.15) is 5.82 Å². The van der Waals surface area contributed by atoms with E-state index in [0.717, 1.165) is 5.56 Å². The molecule has 1 heterocycles. The lowest BCUT2D eigenvalue weighted by atomic mass is 10.1. The largest absolute Gasteiger partial charge is 0.262 e. The summed E-state index contributed by atoms with van der Waals surface area (Å²) in [6.45, 7) is 0. The molecule has 0 fully saturated rings. The van der Waals surface area contributed by atoms with Gasteiger partial charge in [-0.2, -0.15) is 0 Å². The molecule has 70 valence electrons. The predicted octanol–water partition coefficient (Wildman–Crippen LogP) is 3.54. The smallest absolute Gasteiger partial charge is 0.149 e. The molecular formula is C11H7ClFN. The zero-order chi connectivity index (χ0) is 9.97. The monoisotopic (exact) mass is 207 g/mol. The standard InChI is InChI=1S/C11H7ClFN/c12-9-3-1-2-8(6-9)10-4-5-14-7-11(10)13/h1-7H. The molecule has 2 rings (SSSR count). The number of pyridine rings is 1. The Hall–Kier alpha value is -1.41. The number of aromatic nitrogens is 1. The van der Waals surface area contributed by atoms with Gasteiger partial charge in [0.25, 0.3) is 0 Å². The van der Waals surface area contributed by atoms with Crippen molar-refractivity contribution >= 4 is 11.6 Å². The Morgan fingerprint density at radius 2 is 2.07 bits per heavy atom. The van der Waals surface area contributed by atoms with E-state index in [1.165, 1.54) is 6.20 Å². The Bertz CT molecular complexity index is 457. The number of hydrogen-bond acceptors (Lipinski definition) is 1. The van der Waals surface area contributed by atoms with Gasteiger partial charge >= 0.3 is 0 Å². The van der Waals surface area contributed by atoms with E-state index in [2.05, 4.69) is 4.98 Å². The molecule has 0 unspecified atom stereocenters. The molecule has 0 spiro atoms. The lowest BCUT2D eigenvalue weighted by molar-refractivity contribution is 0.625. The van der Waals surface area contributed by atoms with E-state index in [9.17, 15) is 4.39 Å². The van der Waals surface area contributed by atoms with Gasteiger partial charge in [0.15, 0.2) is 0 Å². The molecule has 0 saturated carbocycles. The molecule has 2 aromatic rings. The van der Waals surface area contributed by atoms with Crippen LogP contribution in [0.25, 0.3) is 11.1 Å². The summed E-state index contributed by atoms with van der Waals surface area (Å²) >= 11 is 5.81. The van der Waals surface area contributed by atoms with Crippen molar-refractivity contribution < 1.29 is 4.39 Å². The summed E-state index contributed by atoms with van der Waals surface area (Å²) in [7, 11) is 0. The normalized spacial score (nSPS) is 10.1. The summed E-state index contributed by atoms with van der Waals surface area (Å²) in [5.41, 5.74) is 1.28. The van der Waals surface area contributed by atoms with Crippen molar-refractivity contribution in [1.29, 1.82) is 0 Å². The van der Waals surface area contributed by atoms with Crippen LogP contribution >= 0.6 is 11.6 Å². The number of rotatable bonds is 1. The van der Waals surface area contributed by atoms with Crippen LogP contribution in [0.3, 0.4) is 0 Å². The molecule has 0 N–H and O–H groups in total. The first-order valence-electron chi connectivity index (χ1n) is 4.13. The predicted molar refractivity (Wildman–Crippen MR) is 54.6 cm³/mol. The molecule has 1 nitrogen and oxygen atoms in total. The van der Waals surface area contributed by atoms with Crippen LogP contribution in [0.15, 0.2) is 42.7 Å². The number of hydrogen-bond donors (Lipinski definition) is 0. The maximum atomic E-state index is 13.3. The van der Waals surface area contributed by atoms with Gasteiger partial charge in [0.2, 0.25) is 0 Å². The molecular weight excluding hydrogens is 201 g/mol. The zero-order valence-corrected chi connectivity index (χ0v) is 8.00. The maximum absolute atomic E-state index is 13.3. The molecule has 0 bridgehead atoms. The number of nitrogens with zero attached hydrogens (tertiary/aromatic N) is 1. The third kappa shape index (κ3) is 1.75. The second-order valence-corrected chi connectivity index (χ2v) is 3.30. The highest BCUT2D eigenvalue weighted by Gasteiger charge is 2.03. The van der Waals surface area contributed by atoms with E-state index in [1.807, 2.05) is 6.07 Å². The van der Waals surface area contributed by atoms with E-state index in [-0.39, 0.29) is 5.82 Å². The van der Waals surface area contributed by atoms with Gasteiger partial charge in [0.05, 0.1) is 6.20 Å². The Kier molecular flexibility index (Phi) is 2.46. The van der Waals surface area contributed by atoms with Crippen molar-refractivity contribution in [3.63, 3.8) is 0 Å². The summed E-state index contributed by atoms with van der Waals surface area (Å²) in [4.78, 5) is 3.68. The molecule has 0 atom stereocenters. The highest BCUT2D eigenvalue weighted by atomic mass is 35.5. The van der Waals surface area contributed by atoms with Gasteiger partial charge in [-0.3, -0.25) is 4.98 Å². The van der Waals surface area contributed by atoms with Crippen molar-refractivity contribution in [2.45, 2.75) is 0 Å². The van der Waals surface area contributed by atoms with Gasteiger partial charge in [-0.15, -0.1) is 0 Å². The first kappa shape index (κ1) is 9.16. The Balaban J connectivity index is 2.55. The van der Waals surface area contributed by atoms with E-state index < -0.39 is 0 Å². The van der Waals surface area contributed by atoms with Crippen molar-refractivity contribution in [3.05, 3.63) is 53.6 Å². The summed E-state index contributed by atoms with van der Waals surface area (Å²) in [6.07, 6.45) is 2.75. The van der Waals surface area contributed by atoms with Crippen molar-refractivity contribution in [3.8, 4) is 11.1 Å². The molecule has 0 aliphatic carbocycles. The molecule has 0 saturated heterocycles. The molecule has 0 aliphatic rings. The van der Waals surface area contributed by atoms with Gasteiger partial charge in [0, 0.05) is 16.8 Å². The number of benzene rings is 1. The third-order valence-corrected chi connectivity index (χ3v) is 2.14. The van der Waals surface area contributed by atoms with E-state index in [1.54, 1.807) is 30.5 Å². The minimum absolute atomic E-state index is 0.338. The molecule has 0 amide bonds. The van der Waals surface area contributed by atoms with Crippen molar-refractivity contribution in [2.75, 3.05) is 0 Å². The Morgan fingerprint density at radius 1 is 1.21 bits per heavy atom. The van der Waals surface area contributed by atoms with Crippen molar-refractivity contribution in [1.82, 2.24) is 4.98 Å². The van der Waals surface area contributed by atoms with Crippen LogP contribution < -0.4 is 0 Å². The van der Waals surface area contributed by atoms with E-state index in [0.29, 0.717) is 10.6 Å². The molecule has 0 aliphatic heterocycles. The average molecular weight is 208 g/mol. The van der Waals surface area contributed by atoms with Crippen LogP contribution in [0.5, 0.6) is 0 Å². The number of halogens is 2.